The first-order valence-corrected chi connectivity index (χ1v) is 11.6. The van der Waals surface area contributed by atoms with Crippen LogP contribution in [-0.2, 0) is 6.42 Å². The van der Waals surface area contributed by atoms with E-state index < -0.39 is 0 Å². The lowest BCUT2D eigenvalue weighted by molar-refractivity contribution is 0.545. The molecule has 6 rings (SSSR count). The predicted octanol–water partition coefficient (Wildman–Crippen LogP) is 4.44. The summed E-state index contributed by atoms with van der Waals surface area (Å²) in [6.07, 6.45) is 11.6. The third kappa shape index (κ3) is 3.42. The second-order valence-electron chi connectivity index (χ2n) is 8.42. The second kappa shape index (κ2) is 7.37. The molecule has 0 saturated heterocycles. The predicted molar refractivity (Wildman–Crippen MR) is 125 cm³/mol. The van der Waals surface area contributed by atoms with E-state index in [0.717, 1.165) is 33.9 Å². The van der Waals surface area contributed by atoms with Crippen molar-refractivity contribution in [1.29, 1.82) is 0 Å². The van der Waals surface area contributed by atoms with Gasteiger partial charge in [0.1, 0.15) is 11.7 Å². The Morgan fingerprint density at radius 2 is 2.12 bits per heavy atom. The Balaban J connectivity index is 1.36. The maximum absolute atomic E-state index is 14.9. The van der Waals surface area contributed by atoms with E-state index in [2.05, 4.69) is 29.3 Å². The van der Waals surface area contributed by atoms with Gasteiger partial charge in [0.15, 0.2) is 5.13 Å². The van der Waals surface area contributed by atoms with Crippen molar-refractivity contribution in [3.05, 3.63) is 64.9 Å². The Bertz CT molecular complexity index is 1360. The zero-order chi connectivity index (χ0) is 21.8. The topological polar surface area (TPSA) is 84.7 Å². The molecule has 1 saturated carbocycles. The van der Waals surface area contributed by atoms with E-state index in [1.165, 1.54) is 35.8 Å². The second-order valence-corrected chi connectivity index (χ2v) is 9.49. The minimum atomic E-state index is -0.306. The van der Waals surface area contributed by atoms with E-state index in [0.29, 0.717) is 35.2 Å². The Hall–Kier alpha value is -3.33. The van der Waals surface area contributed by atoms with Crippen LogP contribution in [0.2, 0.25) is 0 Å². The van der Waals surface area contributed by atoms with Gasteiger partial charge in [0.2, 0.25) is 0 Å². The van der Waals surface area contributed by atoms with Gasteiger partial charge >= 0.3 is 0 Å². The Labute approximate surface area is 188 Å². The number of aliphatic imine (C=N–C) groups is 1. The fourth-order valence-electron chi connectivity index (χ4n) is 4.10. The van der Waals surface area contributed by atoms with E-state index >= 15 is 0 Å². The number of anilines is 1. The van der Waals surface area contributed by atoms with Gasteiger partial charge in [-0.1, -0.05) is 11.3 Å². The highest BCUT2D eigenvalue weighted by Gasteiger charge is 2.27. The third-order valence-corrected chi connectivity index (χ3v) is 6.89. The monoisotopic (exact) mass is 447 g/mol. The number of rotatable bonds is 4. The highest BCUT2D eigenvalue weighted by molar-refractivity contribution is 7.22. The number of hydrazone groups is 1. The smallest absolute Gasteiger partial charge is 0.181 e. The molecule has 2 aliphatic heterocycles. The first-order valence-electron chi connectivity index (χ1n) is 10.7. The van der Waals surface area contributed by atoms with Gasteiger partial charge in [0.25, 0.3) is 0 Å². The SMILES string of the molecule is CC1=C2C=CC(c3cnn(C4CC4)c3)=NN2C(Cc2cc3sc(N)nc3cc2F)=NCC1. The minimum absolute atomic E-state index is 0.306. The summed E-state index contributed by atoms with van der Waals surface area (Å²) < 4.78 is 17.8. The number of nitrogen functional groups attached to an aromatic ring is 1. The van der Waals surface area contributed by atoms with Crippen molar-refractivity contribution in [1.82, 2.24) is 19.8 Å². The number of amidine groups is 1. The highest BCUT2D eigenvalue weighted by atomic mass is 32.1. The molecule has 32 heavy (non-hydrogen) atoms. The van der Waals surface area contributed by atoms with E-state index in [1.54, 1.807) is 0 Å². The van der Waals surface area contributed by atoms with Crippen LogP contribution in [0.3, 0.4) is 0 Å². The Morgan fingerprint density at radius 1 is 1.25 bits per heavy atom. The van der Waals surface area contributed by atoms with Crippen LogP contribution < -0.4 is 5.73 Å². The molecule has 4 heterocycles. The molecule has 1 aliphatic carbocycles. The number of nitrogens with two attached hydrogens (primary N) is 1. The van der Waals surface area contributed by atoms with Crippen molar-refractivity contribution < 1.29 is 4.39 Å². The molecule has 3 aromatic rings. The van der Waals surface area contributed by atoms with Gasteiger partial charge in [-0.05, 0) is 55.5 Å². The van der Waals surface area contributed by atoms with E-state index in [4.69, 9.17) is 15.8 Å². The fourth-order valence-corrected chi connectivity index (χ4v) is 4.88. The summed E-state index contributed by atoms with van der Waals surface area (Å²) in [6, 6.07) is 3.80. The number of hydrogen-bond donors (Lipinski definition) is 1. The van der Waals surface area contributed by atoms with E-state index in [9.17, 15) is 4.39 Å². The number of hydrogen-bond acceptors (Lipinski definition) is 7. The molecule has 0 bridgehead atoms. The van der Waals surface area contributed by atoms with Crippen LogP contribution >= 0.6 is 11.3 Å². The summed E-state index contributed by atoms with van der Waals surface area (Å²) in [5, 5.41) is 11.7. The van der Waals surface area contributed by atoms with Crippen LogP contribution in [0.5, 0.6) is 0 Å². The Morgan fingerprint density at radius 3 is 2.97 bits per heavy atom. The first-order chi connectivity index (χ1) is 15.5. The zero-order valence-electron chi connectivity index (χ0n) is 17.6. The number of benzene rings is 1. The molecular weight excluding hydrogens is 425 g/mol. The zero-order valence-corrected chi connectivity index (χ0v) is 18.4. The molecule has 0 unspecified atom stereocenters. The highest BCUT2D eigenvalue weighted by Crippen LogP contribution is 2.34. The van der Waals surface area contributed by atoms with Crippen LogP contribution in [0, 0.1) is 5.82 Å². The molecule has 162 valence electrons. The number of fused-ring (bicyclic) bond motifs is 2. The Kier molecular flexibility index (Phi) is 4.46. The van der Waals surface area contributed by atoms with Crippen molar-refractivity contribution in [2.75, 3.05) is 12.3 Å². The van der Waals surface area contributed by atoms with Crippen molar-refractivity contribution in [3.63, 3.8) is 0 Å². The van der Waals surface area contributed by atoms with Crippen LogP contribution in [0.4, 0.5) is 9.52 Å². The summed E-state index contributed by atoms with van der Waals surface area (Å²) in [6.45, 7) is 2.75. The largest absolute Gasteiger partial charge is 0.375 e. The summed E-state index contributed by atoms with van der Waals surface area (Å²) >= 11 is 1.36. The molecule has 2 N–H and O–H groups in total. The third-order valence-electron chi connectivity index (χ3n) is 6.04. The number of allylic oxidation sites excluding steroid dienone is 2. The fraction of sp³-hybridized carbons (Fsp3) is 0.304. The van der Waals surface area contributed by atoms with Gasteiger partial charge in [0, 0.05) is 30.8 Å². The van der Waals surface area contributed by atoms with Gasteiger partial charge in [-0.25, -0.2) is 14.4 Å². The van der Waals surface area contributed by atoms with Gasteiger partial charge in [-0.15, -0.1) is 0 Å². The minimum Gasteiger partial charge on any atom is -0.375 e. The van der Waals surface area contributed by atoms with E-state index in [-0.39, 0.29) is 5.82 Å². The lowest BCUT2D eigenvalue weighted by Gasteiger charge is -2.26. The van der Waals surface area contributed by atoms with Crippen molar-refractivity contribution in [3.8, 4) is 0 Å². The maximum atomic E-state index is 14.9. The molecule has 7 nitrogen and oxygen atoms in total. The van der Waals surface area contributed by atoms with Crippen LogP contribution in [0.15, 0.2) is 58.0 Å². The van der Waals surface area contributed by atoms with Gasteiger partial charge in [-0.2, -0.15) is 10.2 Å². The molecule has 0 spiro atoms. The molecule has 1 fully saturated rings. The summed E-state index contributed by atoms with van der Waals surface area (Å²) in [7, 11) is 0. The number of thiazole rings is 1. The molecule has 9 heteroatoms. The molecular formula is C23H22FN7S. The maximum Gasteiger partial charge on any atom is 0.181 e. The van der Waals surface area contributed by atoms with Crippen LogP contribution in [0.25, 0.3) is 10.2 Å². The van der Waals surface area contributed by atoms with Crippen molar-refractivity contribution >= 4 is 38.2 Å². The normalized spacial score (nSPS) is 18.6. The summed E-state index contributed by atoms with van der Waals surface area (Å²) in [4.78, 5) is 8.97. The summed E-state index contributed by atoms with van der Waals surface area (Å²) in [5.74, 6) is 0.420. The molecule has 3 aliphatic rings. The van der Waals surface area contributed by atoms with Gasteiger partial charge in [-0.3, -0.25) is 9.67 Å². The van der Waals surface area contributed by atoms with E-state index in [1.807, 2.05) is 28.0 Å². The molecule has 0 radical (unpaired) electrons. The average molecular weight is 448 g/mol. The van der Waals surface area contributed by atoms with Crippen LogP contribution in [-0.4, -0.2) is 37.9 Å². The lowest BCUT2D eigenvalue weighted by atomic mass is 10.1. The van der Waals surface area contributed by atoms with Crippen molar-refractivity contribution in [2.45, 2.75) is 38.6 Å². The standard InChI is InChI=1S/C23H22FN7S/c1-13-6-7-26-22(9-14-8-21-19(10-17(14)24)28-23(25)32-21)31-20(13)5-4-18(29-31)15-11-27-30(12-15)16-2-3-16/h4-5,8,10-12,16H,2-3,6-7,9H2,1H3,(H2,25,28). The van der Waals surface area contributed by atoms with Crippen LogP contribution in [0.1, 0.15) is 43.4 Å². The first kappa shape index (κ1) is 19.4. The molecule has 2 aromatic heterocycles. The van der Waals surface area contributed by atoms with Gasteiger partial charge in [0.05, 0.1) is 33.9 Å². The van der Waals surface area contributed by atoms with Crippen molar-refractivity contribution in [2.24, 2.45) is 10.1 Å². The quantitative estimate of drug-likeness (QED) is 0.641. The molecule has 0 atom stereocenters. The summed E-state index contributed by atoms with van der Waals surface area (Å²) in [5.41, 5.74) is 11.0. The lowest BCUT2D eigenvalue weighted by Crippen LogP contribution is -2.30. The number of nitrogens with zero attached hydrogens (tertiary/aromatic N) is 6. The number of halogens is 1. The average Bonchev–Trinajstić information content (AvgIpc) is 3.43. The number of aromatic nitrogens is 3. The van der Waals surface area contributed by atoms with Gasteiger partial charge < -0.3 is 5.73 Å². The molecule has 1 aromatic carbocycles. The molecule has 0 amide bonds.